The minimum absolute atomic E-state index is 0.0265. The number of hydrogen-bond acceptors (Lipinski definition) is 10. The van der Waals surface area contributed by atoms with Crippen LogP contribution in [-0.4, -0.2) is 135 Å². The Morgan fingerprint density at radius 3 is 1.94 bits per heavy atom. The van der Waals surface area contributed by atoms with Gasteiger partial charge in [-0.1, -0.05) is 28.1 Å². The van der Waals surface area contributed by atoms with Gasteiger partial charge in [-0.25, -0.2) is 0 Å². The van der Waals surface area contributed by atoms with Crippen LogP contribution < -0.4 is 16.0 Å². The SMILES string of the molecule is CN(CCNCC(=O)O)C(CCC(=O)NCCCCC(=O)N(CCCCC(NC(CCC(=O)O)C(=O)O)C(=O)O)Cc1ccc(Br)cc1)C(=O)O. The molecular weight excluding hydrogens is 738 g/mol. The maximum atomic E-state index is 13.2. The van der Waals surface area contributed by atoms with Gasteiger partial charge in [0.05, 0.1) is 6.54 Å². The predicted molar refractivity (Wildman–Crippen MR) is 187 cm³/mol. The number of hydrogen-bond donors (Lipinski definition) is 8. The molecule has 3 atom stereocenters. The molecule has 0 bridgehead atoms. The molecule has 2 amide bonds. The van der Waals surface area contributed by atoms with Gasteiger partial charge in [-0.2, -0.15) is 0 Å². The molecule has 1 rings (SSSR count). The molecule has 0 aliphatic heterocycles. The van der Waals surface area contributed by atoms with E-state index in [9.17, 15) is 48.9 Å². The highest BCUT2D eigenvalue weighted by molar-refractivity contribution is 9.10. The molecule has 286 valence electrons. The number of unbranched alkanes of at least 4 members (excludes halogenated alkanes) is 2. The highest BCUT2D eigenvalue weighted by Gasteiger charge is 2.27. The second kappa shape index (κ2) is 24.9. The van der Waals surface area contributed by atoms with Crippen LogP contribution >= 0.6 is 15.9 Å². The van der Waals surface area contributed by atoms with E-state index in [-0.39, 0.29) is 63.6 Å². The maximum Gasteiger partial charge on any atom is 0.320 e. The fraction of sp³-hybridized carbons (Fsp3) is 0.606. The summed E-state index contributed by atoms with van der Waals surface area (Å²) in [5, 5.41) is 54.1. The Kier molecular flexibility index (Phi) is 21.9. The van der Waals surface area contributed by atoms with Gasteiger partial charge in [-0.15, -0.1) is 0 Å². The Morgan fingerprint density at radius 1 is 0.706 bits per heavy atom. The predicted octanol–water partition coefficient (Wildman–Crippen LogP) is 1.43. The van der Waals surface area contributed by atoms with Crippen LogP contribution in [0.15, 0.2) is 28.7 Å². The normalized spacial score (nSPS) is 12.8. The van der Waals surface area contributed by atoms with Crippen LogP contribution in [0.4, 0.5) is 0 Å². The summed E-state index contributed by atoms with van der Waals surface area (Å²) in [6.07, 6.45) is 1.35. The van der Waals surface area contributed by atoms with E-state index in [4.69, 9.17) is 10.2 Å². The lowest BCUT2D eigenvalue weighted by Crippen LogP contribution is -2.47. The maximum absolute atomic E-state index is 13.2. The van der Waals surface area contributed by atoms with E-state index in [2.05, 4.69) is 31.9 Å². The van der Waals surface area contributed by atoms with Crippen molar-refractivity contribution in [2.75, 3.05) is 39.8 Å². The van der Waals surface area contributed by atoms with Gasteiger partial charge in [-0.05, 0) is 69.7 Å². The standard InChI is InChI=1S/C33H50BrN5O12/c1-38(19-17-35-20-30(44)45)26(33(50)51)13-14-27(40)36-16-4-2-7-28(41)39(21-22-8-10-23(34)11-9-22)18-5-3-6-24(31(46)47)37-25(32(48)49)12-15-29(42)43/h8-11,24-26,35,37H,2-7,12-21H2,1H3,(H,36,40)(H,42,43)(H,44,45)(H,46,47)(H,48,49)(H,50,51). The highest BCUT2D eigenvalue weighted by Crippen LogP contribution is 2.15. The first-order valence-electron chi connectivity index (χ1n) is 16.7. The third-order valence-corrected chi connectivity index (χ3v) is 8.50. The molecule has 51 heavy (non-hydrogen) atoms. The average molecular weight is 789 g/mol. The molecule has 0 saturated heterocycles. The number of likely N-dealkylation sites (N-methyl/N-ethyl adjacent to an activating group) is 1. The first kappa shape index (κ1) is 44.9. The second-order valence-corrected chi connectivity index (χ2v) is 13.0. The smallest absolute Gasteiger partial charge is 0.320 e. The van der Waals surface area contributed by atoms with E-state index in [0.29, 0.717) is 45.3 Å². The van der Waals surface area contributed by atoms with Crippen LogP contribution in [0, 0.1) is 0 Å². The highest BCUT2D eigenvalue weighted by atomic mass is 79.9. The summed E-state index contributed by atoms with van der Waals surface area (Å²) >= 11 is 3.39. The van der Waals surface area contributed by atoms with E-state index >= 15 is 0 Å². The van der Waals surface area contributed by atoms with Crippen LogP contribution in [0.2, 0.25) is 0 Å². The number of halogens is 1. The van der Waals surface area contributed by atoms with E-state index in [1.165, 1.54) is 4.90 Å². The number of carboxylic acids is 5. The molecule has 1 aromatic carbocycles. The number of carbonyl (C=O) groups excluding carboxylic acids is 2. The molecule has 17 nitrogen and oxygen atoms in total. The molecule has 0 radical (unpaired) electrons. The summed E-state index contributed by atoms with van der Waals surface area (Å²) in [5.74, 6) is -6.37. The Labute approximate surface area is 304 Å². The minimum atomic E-state index is -1.34. The van der Waals surface area contributed by atoms with Crippen LogP contribution in [0.5, 0.6) is 0 Å². The second-order valence-electron chi connectivity index (χ2n) is 12.1. The van der Waals surface area contributed by atoms with E-state index < -0.39 is 54.4 Å². The Bertz CT molecular complexity index is 1300. The Hall–Kier alpha value is -4.13. The number of amides is 2. The van der Waals surface area contributed by atoms with Crippen LogP contribution in [0.1, 0.15) is 69.8 Å². The lowest BCUT2D eigenvalue weighted by Gasteiger charge is -2.24. The number of nitrogens with one attached hydrogen (secondary N) is 3. The zero-order chi connectivity index (χ0) is 38.3. The van der Waals surface area contributed by atoms with Crippen molar-refractivity contribution in [2.24, 2.45) is 0 Å². The molecule has 0 aliphatic rings. The zero-order valence-corrected chi connectivity index (χ0v) is 30.3. The van der Waals surface area contributed by atoms with Crippen molar-refractivity contribution in [3.8, 4) is 0 Å². The van der Waals surface area contributed by atoms with Crippen molar-refractivity contribution in [1.29, 1.82) is 0 Å². The van der Waals surface area contributed by atoms with Crippen molar-refractivity contribution >= 4 is 57.6 Å². The zero-order valence-electron chi connectivity index (χ0n) is 28.7. The van der Waals surface area contributed by atoms with Crippen LogP contribution in [0.25, 0.3) is 0 Å². The summed E-state index contributed by atoms with van der Waals surface area (Å²) in [5.41, 5.74) is 0.883. The quantitative estimate of drug-likeness (QED) is 0.0534. The van der Waals surface area contributed by atoms with Gasteiger partial charge in [-0.3, -0.25) is 43.8 Å². The van der Waals surface area contributed by atoms with Gasteiger partial charge in [0, 0.05) is 56.5 Å². The summed E-state index contributed by atoms with van der Waals surface area (Å²) in [4.78, 5) is 85.3. The summed E-state index contributed by atoms with van der Waals surface area (Å²) in [7, 11) is 1.59. The van der Waals surface area contributed by atoms with Gasteiger partial charge >= 0.3 is 29.8 Å². The van der Waals surface area contributed by atoms with Gasteiger partial charge in [0.1, 0.15) is 18.1 Å². The largest absolute Gasteiger partial charge is 0.481 e. The van der Waals surface area contributed by atoms with Crippen molar-refractivity contribution in [1.82, 2.24) is 25.8 Å². The van der Waals surface area contributed by atoms with E-state index in [1.807, 2.05) is 24.3 Å². The van der Waals surface area contributed by atoms with Crippen molar-refractivity contribution in [2.45, 2.75) is 88.9 Å². The molecule has 3 unspecified atom stereocenters. The molecule has 0 spiro atoms. The Morgan fingerprint density at radius 2 is 1.35 bits per heavy atom. The van der Waals surface area contributed by atoms with Crippen LogP contribution in [0.3, 0.4) is 0 Å². The summed E-state index contributed by atoms with van der Waals surface area (Å²) in [6, 6.07) is 3.97. The van der Waals surface area contributed by atoms with E-state index in [1.54, 1.807) is 11.9 Å². The first-order valence-corrected chi connectivity index (χ1v) is 17.5. The number of rotatable bonds is 29. The van der Waals surface area contributed by atoms with Crippen molar-refractivity contribution in [3.05, 3.63) is 34.3 Å². The fourth-order valence-electron chi connectivity index (χ4n) is 5.10. The number of carboxylic acid groups (broad SMARTS) is 5. The van der Waals surface area contributed by atoms with Gasteiger partial charge in [0.2, 0.25) is 11.8 Å². The van der Waals surface area contributed by atoms with E-state index in [0.717, 1.165) is 10.0 Å². The van der Waals surface area contributed by atoms with Crippen molar-refractivity contribution < 1.29 is 59.1 Å². The molecule has 8 N–H and O–H groups in total. The van der Waals surface area contributed by atoms with Gasteiger partial charge in [0.15, 0.2) is 0 Å². The number of aliphatic carboxylic acids is 5. The molecule has 0 saturated carbocycles. The Balaban J connectivity index is 2.61. The third-order valence-electron chi connectivity index (χ3n) is 7.97. The first-order chi connectivity index (χ1) is 24.1. The van der Waals surface area contributed by atoms with Crippen molar-refractivity contribution in [3.63, 3.8) is 0 Å². The molecule has 0 aromatic heterocycles. The topological polar surface area (TPSA) is 263 Å². The lowest BCUT2D eigenvalue weighted by atomic mass is 10.1. The summed E-state index contributed by atoms with van der Waals surface area (Å²) < 4.78 is 0.872. The summed E-state index contributed by atoms with van der Waals surface area (Å²) in [6.45, 7) is 1.23. The lowest BCUT2D eigenvalue weighted by molar-refractivity contribution is -0.145. The average Bonchev–Trinajstić information content (AvgIpc) is 3.05. The number of nitrogens with zero attached hydrogens (tertiary/aromatic N) is 2. The third kappa shape index (κ3) is 20.3. The molecule has 0 heterocycles. The van der Waals surface area contributed by atoms with Gasteiger partial charge in [0.25, 0.3) is 0 Å². The number of benzene rings is 1. The number of carbonyl (C=O) groups is 7. The minimum Gasteiger partial charge on any atom is -0.481 e. The monoisotopic (exact) mass is 787 g/mol. The molecule has 18 heteroatoms. The van der Waals surface area contributed by atoms with Gasteiger partial charge < -0.3 is 41.1 Å². The molecule has 0 aliphatic carbocycles. The van der Waals surface area contributed by atoms with Crippen LogP contribution in [-0.2, 0) is 40.1 Å². The fourth-order valence-corrected chi connectivity index (χ4v) is 5.37. The molecule has 1 aromatic rings. The molecular formula is C33H50BrN5O12. The molecule has 0 fully saturated rings.